The predicted molar refractivity (Wildman–Crippen MR) is 289 cm³/mol. The second-order valence-corrected chi connectivity index (χ2v) is 23.9. The number of aryl methyl sites for hydroxylation is 4. The van der Waals surface area contributed by atoms with E-state index in [2.05, 4.69) is 87.1 Å². The lowest BCUT2D eigenvalue weighted by atomic mass is 9.81. The number of carbonyl (C=O) groups is 3. The van der Waals surface area contributed by atoms with Gasteiger partial charge in [-0.15, -0.1) is 0 Å². The predicted octanol–water partition coefficient (Wildman–Crippen LogP) is 13.3. The maximum Gasteiger partial charge on any atom is 0.323 e. The van der Waals surface area contributed by atoms with E-state index in [0.29, 0.717) is 0 Å². The molecule has 9 rings (SSSR count). The Kier molecular flexibility index (Phi) is 12.8. The number of nitrogens with one attached hydrogen (secondary N) is 4. The van der Waals surface area contributed by atoms with Gasteiger partial charge >= 0.3 is 6.03 Å². The number of benzene rings is 5. The summed E-state index contributed by atoms with van der Waals surface area (Å²) in [6.07, 6.45) is 0. The van der Waals surface area contributed by atoms with E-state index in [4.69, 9.17) is 8.83 Å². The molecule has 2 atom stereocenters. The molecule has 7 aromatic rings. The Morgan fingerprint density at radius 2 is 0.694 bits per heavy atom. The van der Waals surface area contributed by atoms with Gasteiger partial charge < -0.3 is 30.1 Å². The van der Waals surface area contributed by atoms with Gasteiger partial charge in [0, 0.05) is 12.1 Å². The summed E-state index contributed by atoms with van der Waals surface area (Å²) in [4.78, 5) is 72.5. The summed E-state index contributed by atoms with van der Waals surface area (Å²) in [6.45, 7) is 33.0. The van der Waals surface area contributed by atoms with Crippen LogP contribution in [0.15, 0.2) is 103 Å². The van der Waals surface area contributed by atoms with E-state index < -0.39 is 51.6 Å². The van der Waals surface area contributed by atoms with Crippen LogP contribution in [0.5, 0.6) is 0 Å². The van der Waals surface area contributed by atoms with Crippen molar-refractivity contribution in [3.63, 3.8) is 0 Å². The van der Waals surface area contributed by atoms with E-state index in [-0.39, 0.29) is 55.7 Å². The lowest BCUT2D eigenvalue weighted by molar-refractivity contribution is 0.0907. The number of amides is 4. The third-order valence-electron chi connectivity index (χ3n) is 14.0. The molecule has 2 aliphatic rings. The average Bonchev–Trinajstić information content (AvgIpc) is 3.26. The third kappa shape index (κ3) is 9.98. The van der Waals surface area contributed by atoms with Gasteiger partial charge in [-0.05, 0) is 140 Å². The van der Waals surface area contributed by atoms with Crippen molar-refractivity contribution in [1.29, 1.82) is 0 Å². The summed E-state index contributed by atoms with van der Waals surface area (Å²) < 4.78 is 12.9. The van der Waals surface area contributed by atoms with Gasteiger partial charge in [0.25, 0.3) is 11.8 Å². The van der Waals surface area contributed by atoms with Crippen LogP contribution in [0.4, 0.5) is 16.2 Å². The molecule has 374 valence electrons. The Morgan fingerprint density at radius 3 is 0.986 bits per heavy atom. The van der Waals surface area contributed by atoms with E-state index in [1.807, 2.05) is 93.5 Å². The van der Waals surface area contributed by atoms with Crippen LogP contribution in [-0.4, -0.2) is 17.8 Å². The number of hydrogen-bond acceptors (Lipinski definition) is 7. The van der Waals surface area contributed by atoms with Crippen LogP contribution in [-0.2, 0) is 21.7 Å². The van der Waals surface area contributed by atoms with Crippen molar-refractivity contribution in [3.8, 4) is 0 Å². The first-order valence-electron chi connectivity index (χ1n) is 24.7. The summed E-state index contributed by atoms with van der Waals surface area (Å²) in [5.41, 5.74) is 8.82. The molecular weight excluding hydrogens is 901 g/mol. The van der Waals surface area contributed by atoms with Gasteiger partial charge in [0.15, 0.2) is 33.5 Å². The van der Waals surface area contributed by atoms with Gasteiger partial charge in [-0.2, -0.15) is 0 Å². The minimum Gasteiger partial charge on any atom is -0.448 e. The van der Waals surface area contributed by atoms with E-state index in [0.717, 1.165) is 66.8 Å². The fraction of sp³-hybridized carbons (Fsp3) is 0.361. The van der Waals surface area contributed by atoms with Crippen LogP contribution >= 0.6 is 0 Å². The Hall–Kier alpha value is -7.27. The number of carbonyl (C=O) groups excluding carboxylic acids is 3. The minimum absolute atomic E-state index is 0.00423. The molecule has 4 amide bonds. The van der Waals surface area contributed by atoms with Crippen molar-refractivity contribution in [1.82, 2.24) is 10.6 Å². The molecule has 4 N–H and O–H groups in total. The summed E-state index contributed by atoms with van der Waals surface area (Å²) in [6, 6.07) is 23.4. The summed E-state index contributed by atoms with van der Waals surface area (Å²) >= 11 is 0. The number of rotatable bonds is 2. The third-order valence-corrected chi connectivity index (χ3v) is 14.0. The standard InChI is InChI=1S/C61H68N4O7/c1-31-21-37(58(5,6)7)22-32(2)49(31)51-35-17-19-36(20-18-35)52(50-33(3)23-38(24-34(50)4)59(8,9)10)65-56(69)48-30-46(67)42-26-40(61(14,15)16)28-44(54(42)72-48)63-57(70)62-43-27-39(60(11,12)13)25-41-45(66)29-47(55(68)64-51)71-53(41)43/h17-30,51-52H,1-16H3,(H,64,68)(H,65,69)(H2,62,63,70). The zero-order chi connectivity index (χ0) is 52.7. The van der Waals surface area contributed by atoms with Crippen molar-refractivity contribution < 1.29 is 23.2 Å². The molecule has 4 heterocycles. The Morgan fingerprint density at radius 1 is 0.403 bits per heavy atom. The van der Waals surface area contributed by atoms with E-state index in [9.17, 15) is 24.0 Å². The molecule has 11 nitrogen and oxygen atoms in total. The first-order chi connectivity index (χ1) is 33.4. The molecule has 6 bridgehead atoms. The molecule has 11 heteroatoms. The van der Waals surface area contributed by atoms with Crippen LogP contribution < -0.4 is 32.1 Å². The van der Waals surface area contributed by atoms with Gasteiger partial charge in [-0.25, -0.2) is 4.79 Å². The van der Waals surface area contributed by atoms with Crippen LogP contribution in [0, 0.1) is 27.7 Å². The zero-order valence-corrected chi connectivity index (χ0v) is 44.6. The second kappa shape index (κ2) is 18.1. The summed E-state index contributed by atoms with van der Waals surface area (Å²) in [5, 5.41) is 12.6. The van der Waals surface area contributed by atoms with E-state index in [1.165, 1.54) is 12.1 Å². The zero-order valence-electron chi connectivity index (χ0n) is 44.6. The van der Waals surface area contributed by atoms with Crippen molar-refractivity contribution in [2.24, 2.45) is 0 Å². The van der Waals surface area contributed by atoms with Gasteiger partial charge in [0.1, 0.15) is 0 Å². The molecule has 0 saturated heterocycles. The van der Waals surface area contributed by atoms with Crippen LogP contribution in [0.3, 0.4) is 0 Å². The first kappa shape index (κ1) is 51.1. The maximum atomic E-state index is 14.8. The summed E-state index contributed by atoms with van der Waals surface area (Å²) in [5.74, 6) is -1.79. The van der Waals surface area contributed by atoms with Gasteiger partial charge in [-0.3, -0.25) is 19.2 Å². The normalized spacial score (nSPS) is 16.1. The molecule has 2 unspecified atom stereocenters. The SMILES string of the molecule is Cc1cc(C(C)(C)C)cc(C)c1C1NC(=O)c2cc(=O)c3cc(C(C)(C)C)cc(c3o2)NC(=O)Nc2cc(C(C)(C)C)cc3c(=O)cc(oc23)C(=O)NC(c2c(C)cc(C(C)(C)C)cc2C)c2ccc1cc2. The molecule has 72 heavy (non-hydrogen) atoms. The topological polar surface area (TPSA) is 160 Å². The average molecular weight is 969 g/mol. The van der Waals surface area contributed by atoms with E-state index >= 15 is 0 Å². The fourth-order valence-electron chi connectivity index (χ4n) is 9.72. The first-order valence-corrected chi connectivity index (χ1v) is 24.7. The maximum absolute atomic E-state index is 14.8. The second-order valence-electron chi connectivity index (χ2n) is 23.9. The highest BCUT2D eigenvalue weighted by Gasteiger charge is 2.31. The van der Waals surface area contributed by atoms with Crippen LogP contribution in [0.1, 0.15) is 183 Å². The van der Waals surface area contributed by atoms with Gasteiger partial charge in [-0.1, -0.05) is 132 Å². The number of urea groups is 1. The summed E-state index contributed by atoms with van der Waals surface area (Å²) in [7, 11) is 0. The fourth-order valence-corrected chi connectivity index (χ4v) is 9.72. The van der Waals surface area contributed by atoms with Gasteiger partial charge in [0.2, 0.25) is 0 Å². The molecule has 0 radical (unpaired) electrons. The number of fused-ring (bicyclic) bond motifs is 8. The highest BCUT2D eigenvalue weighted by Crippen LogP contribution is 2.39. The minimum atomic E-state index is -0.758. The smallest absolute Gasteiger partial charge is 0.323 e. The number of hydrogen-bond donors (Lipinski definition) is 4. The molecule has 0 spiro atoms. The monoisotopic (exact) mass is 969 g/mol. The molecule has 2 aromatic heterocycles. The highest BCUT2D eigenvalue weighted by molar-refractivity contribution is 6.08. The highest BCUT2D eigenvalue weighted by atomic mass is 16.4. The molecule has 0 aliphatic carbocycles. The largest absolute Gasteiger partial charge is 0.448 e. The molecule has 0 fully saturated rings. The Labute approximate surface area is 422 Å². The van der Waals surface area contributed by atoms with Crippen molar-refractivity contribution in [2.45, 2.75) is 145 Å². The van der Waals surface area contributed by atoms with E-state index in [1.54, 1.807) is 24.3 Å². The molecule has 0 saturated carbocycles. The lowest BCUT2D eigenvalue weighted by Crippen LogP contribution is -2.32. The van der Waals surface area contributed by atoms with Gasteiger partial charge in [0.05, 0.1) is 34.2 Å². The molecule has 5 aromatic carbocycles. The number of anilines is 2. The van der Waals surface area contributed by atoms with Crippen LogP contribution in [0.2, 0.25) is 0 Å². The lowest BCUT2D eigenvalue weighted by Gasteiger charge is -2.28. The quantitative estimate of drug-likeness (QED) is 0.134. The van der Waals surface area contributed by atoms with Crippen molar-refractivity contribution in [2.75, 3.05) is 10.6 Å². The van der Waals surface area contributed by atoms with Crippen molar-refractivity contribution >= 4 is 51.2 Å². The van der Waals surface area contributed by atoms with Crippen LogP contribution in [0.25, 0.3) is 21.9 Å². The Bertz CT molecular complexity index is 3220. The van der Waals surface area contributed by atoms with Crippen molar-refractivity contribution in [3.05, 3.63) is 184 Å². The molecular formula is C61H68N4O7. The molecule has 2 aliphatic heterocycles. The Balaban J connectivity index is 1.40.